The predicted octanol–water partition coefficient (Wildman–Crippen LogP) is 0.315. The Morgan fingerprint density at radius 3 is 2.21 bits per heavy atom. The number of piperazine rings is 1. The number of amides is 2. The first-order valence-corrected chi connectivity index (χ1v) is 12.9. The number of primary sulfonamides is 1. The van der Waals surface area contributed by atoms with Crippen molar-refractivity contribution in [1.82, 2.24) is 20.4 Å². The third-order valence-electron chi connectivity index (χ3n) is 6.00. The smallest absolute Gasteiger partial charge is 0.238 e. The molecule has 4 N–H and O–H groups in total. The second kappa shape index (κ2) is 12.1. The number of nitrogens with zero attached hydrogens (tertiary/aromatic N) is 2. The normalized spacial score (nSPS) is 16.1. The van der Waals surface area contributed by atoms with Crippen LogP contribution in [0.4, 0.5) is 0 Å². The molecule has 1 heterocycles. The molecule has 1 atom stereocenters. The average molecular weight is 488 g/mol. The predicted molar refractivity (Wildman–Crippen MR) is 130 cm³/mol. The maximum Gasteiger partial charge on any atom is 0.238 e. The van der Waals surface area contributed by atoms with Crippen molar-refractivity contribution in [2.24, 2.45) is 5.14 Å². The summed E-state index contributed by atoms with van der Waals surface area (Å²) in [5.41, 5.74) is 1.99. The van der Waals surface area contributed by atoms with Crippen LogP contribution in [0, 0.1) is 0 Å². The molecule has 9 nitrogen and oxygen atoms in total. The van der Waals surface area contributed by atoms with Gasteiger partial charge < -0.3 is 10.6 Å². The lowest BCUT2D eigenvalue weighted by atomic mass is 10.1. The van der Waals surface area contributed by atoms with Crippen LogP contribution in [-0.4, -0.2) is 75.3 Å². The molecule has 0 aliphatic carbocycles. The van der Waals surface area contributed by atoms with Crippen LogP contribution < -0.4 is 15.8 Å². The molecule has 2 aromatic carbocycles. The highest BCUT2D eigenvalue weighted by molar-refractivity contribution is 7.89. The van der Waals surface area contributed by atoms with Crippen LogP contribution >= 0.6 is 0 Å². The van der Waals surface area contributed by atoms with E-state index in [1.807, 2.05) is 37.3 Å². The monoisotopic (exact) mass is 487 g/mol. The lowest BCUT2D eigenvalue weighted by Crippen LogP contribution is -2.55. The van der Waals surface area contributed by atoms with Crippen LogP contribution in [0.25, 0.3) is 0 Å². The van der Waals surface area contributed by atoms with E-state index in [2.05, 4.69) is 20.4 Å². The average Bonchev–Trinajstić information content (AvgIpc) is 2.83. The molecule has 0 saturated carbocycles. The lowest BCUT2D eigenvalue weighted by molar-refractivity contribution is -0.127. The second-order valence-corrected chi connectivity index (χ2v) is 10.0. The molecule has 0 spiro atoms. The SMILES string of the molecule is CC(C(=O)NCCc1ccc(S(N)(=O)=O)cc1)N1CCN(CC(=O)NCc2ccccc2)CC1. The van der Waals surface area contributed by atoms with Gasteiger partial charge in [-0.25, -0.2) is 13.6 Å². The number of rotatable bonds is 10. The van der Waals surface area contributed by atoms with Gasteiger partial charge in [-0.1, -0.05) is 42.5 Å². The topological polar surface area (TPSA) is 125 Å². The maximum absolute atomic E-state index is 12.6. The molecule has 1 unspecified atom stereocenters. The lowest BCUT2D eigenvalue weighted by Gasteiger charge is -2.37. The van der Waals surface area contributed by atoms with Crippen molar-refractivity contribution in [1.29, 1.82) is 0 Å². The van der Waals surface area contributed by atoms with Crippen molar-refractivity contribution in [2.45, 2.75) is 30.8 Å². The zero-order chi connectivity index (χ0) is 24.6. The first kappa shape index (κ1) is 25.8. The van der Waals surface area contributed by atoms with Gasteiger partial charge in [0.05, 0.1) is 17.5 Å². The largest absolute Gasteiger partial charge is 0.354 e. The number of carbonyl (C=O) groups excluding carboxylic acids is 2. The summed E-state index contributed by atoms with van der Waals surface area (Å²) in [5, 5.41) is 11.0. The summed E-state index contributed by atoms with van der Waals surface area (Å²) in [6, 6.07) is 15.9. The highest BCUT2D eigenvalue weighted by Gasteiger charge is 2.26. The quantitative estimate of drug-likeness (QED) is 0.443. The van der Waals surface area contributed by atoms with E-state index in [0.717, 1.165) is 37.3 Å². The van der Waals surface area contributed by atoms with Crippen LogP contribution in [0.3, 0.4) is 0 Å². The molecule has 1 saturated heterocycles. The number of hydrogen-bond acceptors (Lipinski definition) is 6. The van der Waals surface area contributed by atoms with Crippen molar-refractivity contribution in [3.8, 4) is 0 Å². The Kier molecular flexibility index (Phi) is 9.17. The van der Waals surface area contributed by atoms with E-state index in [1.54, 1.807) is 12.1 Å². The fourth-order valence-corrected chi connectivity index (χ4v) is 4.37. The van der Waals surface area contributed by atoms with Crippen molar-refractivity contribution >= 4 is 21.8 Å². The van der Waals surface area contributed by atoms with Gasteiger partial charge in [0.15, 0.2) is 0 Å². The van der Waals surface area contributed by atoms with Gasteiger partial charge in [-0.3, -0.25) is 19.4 Å². The van der Waals surface area contributed by atoms with Gasteiger partial charge in [0.25, 0.3) is 0 Å². The molecule has 10 heteroatoms. The molecule has 2 aromatic rings. The number of carbonyl (C=O) groups is 2. The minimum atomic E-state index is -3.70. The highest BCUT2D eigenvalue weighted by Crippen LogP contribution is 2.10. The van der Waals surface area contributed by atoms with E-state index in [9.17, 15) is 18.0 Å². The van der Waals surface area contributed by atoms with Crippen molar-refractivity contribution in [2.75, 3.05) is 39.3 Å². The molecule has 2 amide bonds. The molecule has 184 valence electrons. The Labute approximate surface area is 201 Å². The van der Waals surface area contributed by atoms with E-state index < -0.39 is 10.0 Å². The Morgan fingerprint density at radius 1 is 0.941 bits per heavy atom. The van der Waals surface area contributed by atoms with E-state index >= 15 is 0 Å². The zero-order valence-corrected chi connectivity index (χ0v) is 20.3. The highest BCUT2D eigenvalue weighted by atomic mass is 32.2. The van der Waals surface area contributed by atoms with E-state index in [-0.39, 0.29) is 22.8 Å². The summed E-state index contributed by atoms with van der Waals surface area (Å²) in [7, 11) is -3.70. The van der Waals surface area contributed by atoms with Crippen LogP contribution in [0.15, 0.2) is 59.5 Å². The number of nitrogens with one attached hydrogen (secondary N) is 2. The molecule has 3 rings (SSSR count). The Morgan fingerprint density at radius 2 is 1.59 bits per heavy atom. The van der Waals surface area contributed by atoms with Crippen LogP contribution in [-0.2, 0) is 32.6 Å². The minimum absolute atomic E-state index is 0.000175. The molecule has 1 aliphatic heterocycles. The number of hydrogen-bond donors (Lipinski definition) is 3. The van der Waals surface area contributed by atoms with Crippen molar-refractivity contribution < 1.29 is 18.0 Å². The molecule has 1 fully saturated rings. The van der Waals surface area contributed by atoms with Gasteiger partial charge in [0.1, 0.15) is 0 Å². The van der Waals surface area contributed by atoms with E-state index in [4.69, 9.17) is 5.14 Å². The summed E-state index contributed by atoms with van der Waals surface area (Å²) in [6.45, 7) is 6.11. The Hall–Kier alpha value is -2.79. The van der Waals surface area contributed by atoms with Crippen LogP contribution in [0.1, 0.15) is 18.1 Å². The van der Waals surface area contributed by atoms with E-state index in [1.165, 1.54) is 12.1 Å². The van der Waals surface area contributed by atoms with Crippen molar-refractivity contribution in [3.63, 3.8) is 0 Å². The van der Waals surface area contributed by atoms with Gasteiger partial charge in [-0.2, -0.15) is 0 Å². The van der Waals surface area contributed by atoms with Crippen LogP contribution in [0.2, 0.25) is 0 Å². The molecule has 0 bridgehead atoms. The van der Waals surface area contributed by atoms with Crippen molar-refractivity contribution in [3.05, 3.63) is 65.7 Å². The van der Waals surface area contributed by atoms with Gasteiger partial charge >= 0.3 is 0 Å². The fourth-order valence-electron chi connectivity index (χ4n) is 3.85. The summed E-state index contributed by atoms with van der Waals surface area (Å²) < 4.78 is 22.6. The summed E-state index contributed by atoms with van der Waals surface area (Å²) >= 11 is 0. The summed E-state index contributed by atoms with van der Waals surface area (Å²) in [4.78, 5) is 29.1. The van der Waals surface area contributed by atoms with Crippen LogP contribution in [0.5, 0.6) is 0 Å². The molecule has 1 aliphatic rings. The van der Waals surface area contributed by atoms with E-state index in [0.29, 0.717) is 26.1 Å². The van der Waals surface area contributed by atoms with Gasteiger partial charge in [0.2, 0.25) is 21.8 Å². The second-order valence-electron chi connectivity index (χ2n) is 8.48. The number of benzene rings is 2. The molecule has 0 radical (unpaired) electrons. The Bertz CT molecular complexity index is 1050. The summed E-state index contributed by atoms with van der Waals surface area (Å²) in [6.07, 6.45) is 0.592. The molecule has 0 aromatic heterocycles. The number of sulfonamides is 1. The molecular formula is C24H33N5O4S. The standard InChI is InChI=1S/C24H33N5O4S/c1-19(24(31)26-12-11-20-7-9-22(10-8-20)34(25,32)33)29-15-13-28(14-16-29)18-23(30)27-17-21-5-3-2-4-6-21/h2-10,19H,11-18H2,1H3,(H,26,31)(H,27,30)(H2,25,32,33). The Balaban J connectivity index is 1.34. The number of nitrogens with two attached hydrogens (primary N) is 1. The maximum atomic E-state index is 12.6. The third kappa shape index (κ3) is 7.91. The first-order valence-electron chi connectivity index (χ1n) is 11.4. The third-order valence-corrected chi connectivity index (χ3v) is 6.93. The zero-order valence-electron chi connectivity index (χ0n) is 19.4. The molecular weight excluding hydrogens is 454 g/mol. The summed E-state index contributed by atoms with van der Waals surface area (Å²) in [5.74, 6) is -0.0459. The first-order chi connectivity index (χ1) is 16.2. The minimum Gasteiger partial charge on any atom is -0.354 e. The fraction of sp³-hybridized carbons (Fsp3) is 0.417. The van der Waals surface area contributed by atoms with Gasteiger partial charge in [-0.15, -0.1) is 0 Å². The van der Waals surface area contributed by atoms with Gasteiger partial charge in [0, 0.05) is 39.3 Å². The molecule has 34 heavy (non-hydrogen) atoms. The van der Waals surface area contributed by atoms with Gasteiger partial charge in [-0.05, 0) is 36.6 Å².